The molecule has 0 spiro atoms. The number of nitrogens with zero attached hydrogens (tertiary/aromatic N) is 1. The van der Waals surface area contributed by atoms with Crippen LogP contribution in [0.2, 0.25) is 0 Å². The van der Waals surface area contributed by atoms with E-state index in [0.29, 0.717) is 5.92 Å². The predicted octanol–water partition coefficient (Wildman–Crippen LogP) is 2.21. The Labute approximate surface area is 116 Å². The SMILES string of the molecule is COCC1CCN(c2ccc(Br)cc2C(=N)N)C1. The highest BCUT2D eigenvalue weighted by Crippen LogP contribution is 2.29. The molecule has 1 unspecified atom stereocenters. The highest BCUT2D eigenvalue weighted by molar-refractivity contribution is 9.10. The van der Waals surface area contributed by atoms with Crippen LogP contribution < -0.4 is 10.6 Å². The molecule has 1 aliphatic heterocycles. The molecule has 0 radical (unpaired) electrons. The van der Waals surface area contributed by atoms with E-state index < -0.39 is 0 Å². The minimum atomic E-state index is 0.112. The van der Waals surface area contributed by atoms with Crippen LogP contribution in [0.1, 0.15) is 12.0 Å². The molecule has 1 atom stereocenters. The third-order valence-corrected chi connectivity index (χ3v) is 3.77. The highest BCUT2D eigenvalue weighted by atomic mass is 79.9. The number of amidine groups is 1. The van der Waals surface area contributed by atoms with E-state index in [1.165, 1.54) is 0 Å². The van der Waals surface area contributed by atoms with E-state index in [4.69, 9.17) is 15.9 Å². The van der Waals surface area contributed by atoms with Gasteiger partial charge in [0.15, 0.2) is 0 Å². The van der Waals surface area contributed by atoms with Gasteiger partial charge in [-0.2, -0.15) is 0 Å². The molecule has 98 valence electrons. The Balaban J connectivity index is 2.21. The smallest absolute Gasteiger partial charge is 0.124 e. The van der Waals surface area contributed by atoms with Crippen LogP contribution in [0.4, 0.5) is 5.69 Å². The number of anilines is 1. The van der Waals surface area contributed by atoms with Gasteiger partial charge in [-0.05, 0) is 24.6 Å². The maximum Gasteiger partial charge on any atom is 0.124 e. The summed E-state index contributed by atoms with van der Waals surface area (Å²) in [5.41, 5.74) is 7.50. The van der Waals surface area contributed by atoms with Crippen LogP contribution in [0, 0.1) is 11.3 Å². The fourth-order valence-electron chi connectivity index (χ4n) is 2.42. The Morgan fingerprint density at radius 1 is 1.61 bits per heavy atom. The lowest BCUT2D eigenvalue weighted by atomic mass is 10.1. The lowest BCUT2D eigenvalue weighted by Crippen LogP contribution is -2.24. The van der Waals surface area contributed by atoms with Crippen molar-refractivity contribution in [1.82, 2.24) is 0 Å². The summed E-state index contributed by atoms with van der Waals surface area (Å²) in [5, 5.41) is 7.67. The van der Waals surface area contributed by atoms with E-state index in [9.17, 15) is 0 Å². The zero-order valence-corrected chi connectivity index (χ0v) is 12.0. The molecule has 0 saturated carbocycles. The number of hydrogen-bond acceptors (Lipinski definition) is 3. The molecular weight excluding hydrogens is 294 g/mol. The summed E-state index contributed by atoms with van der Waals surface area (Å²) in [6.45, 7) is 2.76. The first-order valence-electron chi connectivity index (χ1n) is 5.99. The van der Waals surface area contributed by atoms with Gasteiger partial charge >= 0.3 is 0 Å². The van der Waals surface area contributed by atoms with Crippen molar-refractivity contribution in [1.29, 1.82) is 5.41 Å². The monoisotopic (exact) mass is 311 g/mol. The van der Waals surface area contributed by atoms with Crippen LogP contribution >= 0.6 is 15.9 Å². The van der Waals surface area contributed by atoms with Crippen molar-refractivity contribution in [2.24, 2.45) is 11.7 Å². The Hall–Kier alpha value is -1.07. The van der Waals surface area contributed by atoms with Gasteiger partial charge in [0.2, 0.25) is 0 Å². The van der Waals surface area contributed by atoms with E-state index in [1.54, 1.807) is 7.11 Å². The molecule has 0 aliphatic carbocycles. The molecule has 1 saturated heterocycles. The molecule has 4 nitrogen and oxygen atoms in total. The topological polar surface area (TPSA) is 62.3 Å². The minimum absolute atomic E-state index is 0.112. The Bertz CT molecular complexity index is 450. The fourth-order valence-corrected chi connectivity index (χ4v) is 2.78. The first-order chi connectivity index (χ1) is 8.61. The van der Waals surface area contributed by atoms with Gasteiger partial charge in [-0.15, -0.1) is 0 Å². The third kappa shape index (κ3) is 2.84. The van der Waals surface area contributed by atoms with Crippen LogP contribution in [-0.2, 0) is 4.74 Å². The summed E-state index contributed by atoms with van der Waals surface area (Å²) < 4.78 is 6.15. The first-order valence-corrected chi connectivity index (χ1v) is 6.79. The Morgan fingerprint density at radius 2 is 2.39 bits per heavy atom. The number of nitrogen functional groups attached to an aromatic ring is 1. The number of ether oxygens (including phenoxy) is 1. The minimum Gasteiger partial charge on any atom is -0.384 e. The number of halogens is 1. The van der Waals surface area contributed by atoms with Crippen LogP contribution in [-0.4, -0.2) is 32.6 Å². The van der Waals surface area contributed by atoms with Crippen LogP contribution in [0.15, 0.2) is 22.7 Å². The van der Waals surface area contributed by atoms with E-state index in [0.717, 1.165) is 41.8 Å². The zero-order valence-electron chi connectivity index (χ0n) is 10.4. The largest absolute Gasteiger partial charge is 0.384 e. The molecule has 0 bridgehead atoms. The zero-order chi connectivity index (χ0) is 13.1. The molecule has 0 amide bonds. The molecular formula is C13H18BrN3O. The van der Waals surface area contributed by atoms with Gasteiger partial charge in [-0.1, -0.05) is 15.9 Å². The molecule has 1 heterocycles. The second-order valence-electron chi connectivity index (χ2n) is 4.63. The van der Waals surface area contributed by atoms with Crippen molar-refractivity contribution in [2.75, 3.05) is 31.7 Å². The Morgan fingerprint density at radius 3 is 3.06 bits per heavy atom. The number of nitrogens with two attached hydrogens (primary N) is 1. The van der Waals surface area contributed by atoms with E-state index in [-0.39, 0.29) is 5.84 Å². The molecule has 2 rings (SSSR count). The van der Waals surface area contributed by atoms with Crippen LogP contribution in [0.25, 0.3) is 0 Å². The molecule has 5 heteroatoms. The van der Waals surface area contributed by atoms with Crippen molar-refractivity contribution >= 4 is 27.5 Å². The van der Waals surface area contributed by atoms with Crippen molar-refractivity contribution in [3.63, 3.8) is 0 Å². The van der Waals surface area contributed by atoms with Gasteiger partial charge in [-0.3, -0.25) is 5.41 Å². The van der Waals surface area contributed by atoms with Crippen LogP contribution in [0.5, 0.6) is 0 Å². The standard InChI is InChI=1S/C13H18BrN3O/c1-18-8-9-4-5-17(7-9)12-3-2-10(14)6-11(12)13(15)16/h2-3,6,9H,4-5,7-8H2,1H3,(H3,15,16). The molecule has 1 fully saturated rings. The Kier molecular flexibility index (Phi) is 4.24. The van der Waals surface area contributed by atoms with Gasteiger partial charge in [0, 0.05) is 41.8 Å². The number of rotatable bonds is 4. The molecule has 1 aliphatic rings. The summed E-state index contributed by atoms with van der Waals surface area (Å²) >= 11 is 3.42. The summed E-state index contributed by atoms with van der Waals surface area (Å²) in [5.74, 6) is 0.681. The first kappa shape index (κ1) is 13.4. The number of hydrogen-bond donors (Lipinski definition) is 2. The molecule has 3 N–H and O–H groups in total. The van der Waals surface area contributed by atoms with Crippen molar-refractivity contribution in [3.8, 4) is 0 Å². The van der Waals surface area contributed by atoms with E-state index >= 15 is 0 Å². The predicted molar refractivity (Wildman–Crippen MR) is 77.4 cm³/mol. The summed E-state index contributed by atoms with van der Waals surface area (Å²) in [7, 11) is 1.74. The van der Waals surface area contributed by atoms with Gasteiger partial charge in [0.1, 0.15) is 5.84 Å². The number of methoxy groups -OCH3 is 1. The normalized spacial score (nSPS) is 19.2. The molecule has 0 aromatic heterocycles. The average molecular weight is 312 g/mol. The number of benzene rings is 1. The second-order valence-corrected chi connectivity index (χ2v) is 5.55. The van der Waals surface area contributed by atoms with Gasteiger partial charge in [0.25, 0.3) is 0 Å². The number of nitrogens with one attached hydrogen (secondary N) is 1. The maximum atomic E-state index is 7.67. The molecule has 18 heavy (non-hydrogen) atoms. The lowest BCUT2D eigenvalue weighted by molar-refractivity contribution is 0.161. The maximum absolute atomic E-state index is 7.67. The molecule has 1 aromatic carbocycles. The van der Waals surface area contributed by atoms with E-state index in [1.807, 2.05) is 18.2 Å². The highest BCUT2D eigenvalue weighted by Gasteiger charge is 2.24. The quantitative estimate of drug-likeness (QED) is 0.662. The lowest BCUT2D eigenvalue weighted by Gasteiger charge is -2.22. The van der Waals surface area contributed by atoms with E-state index in [2.05, 4.69) is 20.8 Å². The van der Waals surface area contributed by atoms with Crippen molar-refractivity contribution in [2.45, 2.75) is 6.42 Å². The van der Waals surface area contributed by atoms with Crippen molar-refractivity contribution < 1.29 is 4.74 Å². The third-order valence-electron chi connectivity index (χ3n) is 3.28. The summed E-state index contributed by atoms with van der Waals surface area (Å²) in [4.78, 5) is 2.28. The van der Waals surface area contributed by atoms with Gasteiger partial charge in [0.05, 0.1) is 6.61 Å². The van der Waals surface area contributed by atoms with Crippen LogP contribution in [0.3, 0.4) is 0 Å². The van der Waals surface area contributed by atoms with Gasteiger partial charge in [-0.25, -0.2) is 0 Å². The second kappa shape index (κ2) is 5.71. The fraction of sp³-hybridized carbons (Fsp3) is 0.462. The average Bonchev–Trinajstić information content (AvgIpc) is 2.78. The summed E-state index contributed by atoms with van der Waals surface area (Å²) in [6.07, 6.45) is 1.13. The van der Waals surface area contributed by atoms with Gasteiger partial charge < -0.3 is 15.4 Å². The van der Waals surface area contributed by atoms with Crippen molar-refractivity contribution in [3.05, 3.63) is 28.2 Å². The summed E-state index contributed by atoms with van der Waals surface area (Å²) in [6, 6.07) is 5.92. The molecule has 1 aromatic rings.